The molecule has 0 atom stereocenters. The molecule has 6 nitrogen and oxygen atoms in total. The summed E-state index contributed by atoms with van der Waals surface area (Å²) in [4.78, 5) is 38.6. The lowest BCUT2D eigenvalue weighted by molar-refractivity contribution is -0.113. The fourth-order valence-electron chi connectivity index (χ4n) is 3.04. The number of anilines is 1. The molecule has 2 heterocycles. The van der Waals surface area contributed by atoms with E-state index >= 15 is 0 Å². The van der Waals surface area contributed by atoms with Crippen LogP contribution in [0.3, 0.4) is 0 Å². The maximum atomic E-state index is 12.8. The molecule has 0 N–H and O–H groups in total. The van der Waals surface area contributed by atoms with Crippen molar-refractivity contribution < 1.29 is 23.5 Å². The van der Waals surface area contributed by atoms with Gasteiger partial charge in [0.2, 0.25) is 0 Å². The SMILES string of the molecule is CCOC(=O)c1cc(-c2ccc(/C=C3\SC(=O)N(c4ccc(Cl)cc4)C3=O)o2)ccc1Cl. The maximum Gasteiger partial charge on any atom is 0.339 e. The second-order valence-corrected chi connectivity index (χ2v) is 8.45. The van der Waals surface area contributed by atoms with Crippen molar-refractivity contribution in [1.82, 2.24) is 0 Å². The monoisotopic (exact) mass is 487 g/mol. The average Bonchev–Trinajstić information content (AvgIpc) is 3.34. The molecule has 4 rings (SSSR count). The number of ether oxygens (including phenoxy) is 1. The average molecular weight is 488 g/mol. The minimum atomic E-state index is -0.526. The highest BCUT2D eigenvalue weighted by Crippen LogP contribution is 2.37. The summed E-state index contributed by atoms with van der Waals surface area (Å²) >= 11 is 12.8. The van der Waals surface area contributed by atoms with Gasteiger partial charge in [-0.1, -0.05) is 23.2 Å². The minimum Gasteiger partial charge on any atom is -0.462 e. The third kappa shape index (κ3) is 4.46. The molecule has 32 heavy (non-hydrogen) atoms. The van der Waals surface area contributed by atoms with Crippen LogP contribution in [0.4, 0.5) is 10.5 Å². The Morgan fingerprint density at radius 2 is 1.84 bits per heavy atom. The van der Waals surface area contributed by atoms with Crippen molar-refractivity contribution >= 4 is 63.8 Å². The molecule has 0 saturated carbocycles. The van der Waals surface area contributed by atoms with Crippen LogP contribution in [0.15, 0.2) is 63.9 Å². The zero-order chi connectivity index (χ0) is 22.8. The third-order valence-electron chi connectivity index (χ3n) is 4.52. The number of halogens is 2. The third-order valence-corrected chi connectivity index (χ3v) is 5.98. The first-order valence-electron chi connectivity index (χ1n) is 9.47. The van der Waals surface area contributed by atoms with E-state index in [1.54, 1.807) is 61.5 Å². The Morgan fingerprint density at radius 1 is 1.09 bits per heavy atom. The van der Waals surface area contributed by atoms with Crippen LogP contribution in [0.2, 0.25) is 10.0 Å². The van der Waals surface area contributed by atoms with E-state index < -0.39 is 17.1 Å². The molecule has 1 saturated heterocycles. The highest BCUT2D eigenvalue weighted by Gasteiger charge is 2.36. The van der Waals surface area contributed by atoms with Gasteiger partial charge in [-0.3, -0.25) is 9.59 Å². The Labute approximate surface area is 197 Å². The predicted molar refractivity (Wildman–Crippen MR) is 125 cm³/mol. The summed E-state index contributed by atoms with van der Waals surface area (Å²) in [5, 5.41) is 0.370. The smallest absolute Gasteiger partial charge is 0.339 e. The number of imide groups is 1. The van der Waals surface area contributed by atoms with Crippen molar-refractivity contribution in [3.8, 4) is 11.3 Å². The van der Waals surface area contributed by atoms with Gasteiger partial charge in [-0.15, -0.1) is 0 Å². The standard InChI is InChI=1S/C23H15Cl2NO5S/c1-2-30-22(28)17-11-13(3-9-18(17)25)19-10-8-16(31-19)12-20-21(27)26(23(29)32-20)15-6-4-14(24)5-7-15/h3-12H,2H2,1H3/b20-12-. The first-order chi connectivity index (χ1) is 15.4. The fraction of sp³-hybridized carbons (Fsp3) is 0.0870. The number of hydrogen-bond acceptors (Lipinski definition) is 6. The number of thioether (sulfide) groups is 1. The summed E-state index contributed by atoms with van der Waals surface area (Å²) in [6.07, 6.45) is 1.51. The Morgan fingerprint density at radius 3 is 2.56 bits per heavy atom. The van der Waals surface area contributed by atoms with Crippen LogP contribution in [0, 0.1) is 0 Å². The molecule has 1 aliphatic heterocycles. The molecule has 2 aromatic carbocycles. The zero-order valence-electron chi connectivity index (χ0n) is 16.6. The lowest BCUT2D eigenvalue weighted by atomic mass is 10.1. The van der Waals surface area contributed by atoms with E-state index in [4.69, 9.17) is 32.4 Å². The second-order valence-electron chi connectivity index (χ2n) is 6.61. The van der Waals surface area contributed by atoms with E-state index in [2.05, 4.69) is 0 Å². The van der Waals surface area contributed by atoms with Gasteiger partial charge in [0, 0.05) is 16.7 Å². The normalized spacial score (nSPS) is 15.0. The Hall–Kier alpha value is -3.00. The van der Waals surface area contributed by atoms with Crippen molar-refractivity contribution in [1.29, 1.82) is 0 Å². The van der Waals surface area contributed by atoms with E-state index in [0.29, 0.717) is 27.8 Å². The number of hydrogen-bond donors (Lipinski definition) is 0. The van der Waals surface area contributed by atoms with Crippen molar-refractivity contribution in [2.45, 2.75) is 6.92 Å². The number of carbonyl (C=O) groups excluding carboxylic acids is 3. The van der Waals surface area contributed by atoms with Crippen LogP contribution in [-0.2, 0) is 9.53 Å². The molecule has 0 unspecified atom stereocenters. The second kappa shape index (κ2) is 9.24. The molecular formula is C23H15Cl2NO5S. The number of benzene rings is 2. The van der Waals surface area contributed by atoms with Gasteiger partial charge < -0.3 is 9.15 Å². The van der Waals surface area contributed by atoms with Gasteiger partial charge in [0.1, 0.15) is 11.5 Å². The molecule has 0 spiro atoms. The number of esters is 1. The van der Waals surface area contributed by atoms with Gasteiger partial charge in [-0.2, -0.15) is 0 Å². The zero-order valence-corrected chi connectivity index (χ0v) is 19.0. The van der Waals surface area contributed by atoms with E-state index in [0.717, 1.165) is 16.7 Å². The van der Waals surface area contributed by atoms with E-state index in [1.165, 1.54) is 6.08 Å². The molecule has 1 aromatic heterocycles. The molecular weight excluding hydrogens is 473 g/mol. The summed E-state index contributed by atoms with van der Waals surface area (Å²) in [6.45, 7) is 1.94. The highest BCUT2D eigenvalue weighted by molar-refractivity contribution is 8.19. The lowest BCUT2D eigenvalue weighted by Crippen LogP contribution is -2.27. The van der Waals surface area contributed by atoms with Crippen molar-refractivity contribution in [2.75, 3.05) is 11.5 Å². The molecule has 2 amide bonds. The van der Waals surface area contributed by atoms with Gasteiger partial charge >= 0.3 is 5.97 Å². The van der Waals surface area contributed by atoms with E-state index in [1.807, 2.05) is 0 Å². The lowest BCUT2D eigenvalue weighted by Gasteiger charge is -2.11. The van der Waals surface area contributed by atoms with Crippen LogP contribution in [0.25, 0.3) is 17.4 Å². The maximum absolute atomic E-state index is 12.8. The quantitative estimate of drug-likeness (QED) is 0.295. The first kappa shape index (κ1) is 22.2. The van der Waals surface area contributed by atoms with E-state index in [-0.39, 0.29) is 22.1 Å². The summed E-state index contributed by atoms with van der Waals surface area (Å²) in [5.41, 5.74) is 1.28. The summed E-state index contributed by atoms with van der Waals surface area (Å²) in [7, 11) is 0. The first-order valence-corrected chi connectivity index (χ1v) is 11.0. The molecule has 0 radical (unpaired) electrons. The van der Waals surface area contributed by atoms with Crippen LogP contribution < -0.4 is 4.90 Å². The number of carbonyl (C=O) groups is 3. The predicted octanol–water partition coefficient (Wildman–Crippen LogP) is 6.67. The van der Waals surface area contributed by atoms with Gasteiger partial charge in [0.05, 0.1) is 27.8 Å². The van der Waals surface area contributed by atoms with Gasteiger partial charge in [0.25, 0.3) is 11.1 Å². The number of amides is 2. The molecule has 162 valence electrons. The van der Waals surface area contributed by atoms with Crippen LogP contribution in [-0.4, -0.2) is 23.7 Å². The Kier molecular flexibility index (Phi) is 6.41. The molecule has 1 fully saturated rings. The highest BCUT2D eigenvalue weighted by atomic mass is 35.5. The van der Waals surface area contributed by atoms with Crippen LogP contribution >= 0.6 is 35.0 Å². The summed E-state index contributed by atoms with van der Waals surface area (Å²) in [6, 6.07) is 14.7. The van der Waals surface area contributed by atoms with Gasteiger partial charge in [0.15, 0.2) is 0 Å². The van der Waals surface area contributed by atoms with Crippen LogP contribution in [0.5, 0.6) is 0 Å². The largest absolute Gasteiger partial charge is 0.462 e. The Bertz CT molecular complexity index is 1250. The van der Waals surface area contributed by atoms with Crippen molar-refractivity contribution in [2.24, 2.45) is 0 Å². The molecule has 3 aromatic rings. The van der Waals surface area contributed by atoms with E-state index in [9.17, 15) is 14.4 Å². The van der Waals surface area contributed by atoms with Gasteiger partial charge in [-0.05, 0) is 73.3 Å². The molecule has 1 aliphatic rings. The number of nitrogens with zero attached hydrogens (tertiary/aromatic N) is 1. The number of furan rings is 1. The van der Waals surface area contributed by atoms with Crippen LogP contribution in [0.1, 0.15) is 23.0 Å². The van der Waals surface area contributed by atoms with Crippen molar-refractivity contribution in [3.63, 3.8) is 0 Å². The Balaban J connectivity index is 1.59. The van der Waals surface area contributed by atoms with Crippen molar-refractivity contribution in [3.05, 3.63) is 80.9 Å². The van der Waals surface area contributed by atoms with Gasteiger partial charge in [-0.25, -0.2) is 9.69 Å². The minimum absolute atomic E-state index is 0.230. The number of rotatable bonds is 5. The summed E-state index contributed by atoms with van der Waals surface area (Å²) < 4.78 is 10.8. The topological polar surface area (TPSA) is 76.8 Å². The molecule has 0 aliphatic carbocycles. The molecule has 9 heteroatoms. The summed E-state index contributed by atoms with van der Waals surface area (Å²) in [5.74, 6) is -0.122. The fourth-order valence-corrected chi connectivity index (χ4v) is 4.18. The molecule has 0 bridgehead atoms.